The van der Waals surface area contributed by atoms with Crippen LogP contribution in [0.1, 0.15) is 23.1 Å². The van der Waals surface area contributed by atoms with Crippen molar-refractivity contribution in [1.29, 1.82) is 0 Å². The molecule has 0 spiro atoms. The molecule has 2 aromatic rings. The molecule has 18 heavy (non-hydrogen) atoms. The smallest absolute Gasteiger partial charge is 0.410 e. The van der Waals surface area contributed by atoms with E-state index in [2.05, 4.69) is 0 Å². The van der Waals surface area contributed by atoms with Gasteiger partial charge in [-0.25, -0.2) is 4.79 Å². The van der Waals surface area contributed by atoms with E-state index in [0.29, 0.717) is 9.94 Å². The summed E-state index contributed by atoms with van der Waals surface area (Å²) in [6.07, 6.45) is 0. The van der Waals surface area contributed by atoms with Crippen LogP contribution in [0.5, 0.6) is 0 Å². The quantitative estimate of drug-likeness (QED) is 0.494. The minimum absolute atomic E-state index is 0.141. The van der Waals surface area contributed by atoms with E-state index in [1.807, 2.05) is 0 Å². The molecule has 0 bridgehead atoms. The summed E-state index contributed by atoms with van der Waals surface area (Å²) in [5.74, 6) is -0.751. The van der Waals surface area contributed by atoms with Crippen molar-refractivity contribution >= 4 is 17.0 Å². The fraction of sp³-hybridized carbons (Fsp3) is 0.250. The van der Waals surface area contributed by atoms with Crippen LogP contribution in [0.3, 0.4) is 0 Å². The molecule has 94 valence electrons. The summed E-state index contributed by atoms with van der Waals surface area (Å²) in [4.78, 5) is 23.8. The number of fused-ring (bicyclic) bond motifs is 1. The van der Waals surface area contributed by atoms with Gasteiger partial charge in [-0.05, 0) is 19.9 Å². The molecule has 0 fully saturated rings. The number of esters is 1. The minimum Gasteiger partial charge on any atom is -0.458 e. The normalized spacial score (nSPS) is 10.6. The first-order valence-electron chi connectivity index (χ1n) is 5.51. The lowest BCUT2D eigenvalue weighted by Crippen LogP contribution is -2.31. The van der Waals surface area contributed by atoms with Crippen molar-refractivity contribution in [2.45, 2.75) is 13.8 Å². The molecular formula is C12H13N2O4+. The van der Waals surface area contributed by atoms with Crippen LogP contribution in [-0.2, 0) is 4.74 Å². The molecule has 0 amide bonds. The Balaban J connectivity index is 2.83. The third-order valence-electron chi connectivity index (χ3n) is 2.66. The Labute approximate surface area is 103 Å². The number of carbonyl (C=O) groups excluding carboxylic acids is 1. The van der Waals surface area contributed by atoms with Gasteiger partial charge in [-0.3, -0.25) is 0 Å². The van der Waals surface area contributed by atoms with Crippen molar-refractivity contribution in [2.24, 2.45) is 0 Å². The number of carbonyl (C=O) groups is 1. The average Bonchev–Trinajstić information content (AvgIpc) is 2.37. The molecule has 1 aromatic heterocycles. The van der Waals surface area contributed by atoms with Gasteiger partial charge in [-0.15, -0.1) is 0 Å². The van der Waals surface area contributed by atoms with Crippen LogP contribution in [0.2, 0.25) is 0 Å². The molecule has 0 radical (unpaired) electrons. The van der Waals surface area contributed by atoms with E-state index < -0.39 is 5.97 Å². The number of benzene rings is 1. The second-order valence-corrected chi connectivity index (χ2v) is 3.75. The van der Waals surface area contributed by atoms with Gasteiger partial charge in [-0.1, -0.05) is 12.1 Å². The number of hydrogen-bond acceptors (Lipinski definition) is 4. The van der Waals surface area contributed by atoms with Gasteiger partial charge < -0.3 is 9.94 Å². The van der Waals surface area contributed by atoms with E-state index in [1.54, 1.807) is 25.1 Å². The van der Waals surface area contributed by atoms with Crippen molar-refractivity contribution < 1.29 is 19.2 Å². The molecule has 1 N–H and O–H groups in total. The topological polar surface area (TPSA) is 74.4 Å². The lowest BCUT2D eigenvalue weighted by Gasteiger charge is -2.05. The van der Waals surface area contributed by atoms with Gasteiger partial charge in [0.1, 0.15) is 5.69 Å². The molecule has 1 aromatic carbocycles. The Hall–Kier alpha value is -2.37. The maximum Gasteiger partial charge on any atom is 0.410 e. The number of nitrogens with zero attached hydrogens (tertiary/aromatic N) is 2. The second kappa shape index (κ2) is 4.48. The molecule has 6 nitrogen and oxygen atoms in total. The van der Waals surface area contributed by atoms with Gasteiger partial charge >= 0.3 is 11.7 Å². The van der Waals surface area contributed by atoms with Gasteiger partial charge in [0, 0.05) is 11.0 Å². The predicted octanol–water partition coefficient (Wildman–Crippen LogP) is 1.28. The molecule has 2 rings (SSSR count). The highest BCUT2D eigenvalue weighted by molar-refractivity contribution is 5.88. The van der Waals surface area contributed by atoms with Gasteiger partial charge in [-0.2, -0.15) is 4.73 Å². The monoisotopic (exact) mass is 249 g/mol. The highest BCUT2D eigenvalue weighted by Gasteiger charge is 2.29. The SMILES string of the molecule is CCOC(=O)c1c(C)n(O)c2ccccc2[n+]1=O. The van der Waals surface area contributed by atoms with Crippen LogP contribution in [0.15, 0.2) is 24.3 Å². The number of para-hydroxylation sites is 2. The highest BCUT2D eigenvalue weighted by Crippen LogP contribution is 2.13. The Morgan fingerprint density at radius 3 is 2.78 bits per heavy atom. The van der Waals surface area contributed by atoms with Crippen molar-refractivity contribution in [2.75, 3.05) is 6.61 Å². The van der Waals surface area contributed by atoms with Crippen molar-refractivity contribution in [3.63, 3.8) is 0 Å². The summed E-state index contributed by atoms with van der Waals surface area (Å²) in [7, 11) is 0. The van der Waals surface area contributed by atoms with Gasteiger partial charge in [0.2, 0.25) is 0 Å². The molecule has 0 aliphatic carbocycles. The highest BCUT2D eigenvalue weighted by atomic mass is 16.5. The molecule has 0 aliphatic rings. The van der Waals surface area contributed by atoms with E-state index in [-0.39, 0.29) is 23.5 Å². The molecule has 6 heteroatoms. The number of ether oxygens (including phenoxy) is 1. The van der Waals surface area contributed by atoms with E-state index in [0.717, 1.165) is 4.73 Å². The molecule has 0 atom stereocenters. The molecule has 0 aliphatic heterocycles. The Kier molecular flexibility index (Phi) is 3.01. The summed E-state index contributed by atoms with van der Waals surface area (Å²) < 4.78 is 6.11. The van der Waals surface area contributed by atoms with Crippen LogP contribution in [-0.4, -0.2) is 22.5 Å². The zero-order valence-electron chi connectivity index (χ0n) is 10.1. The zero-order valence-corrected chi connectivity index (χ0v) is 10.1. The lowest BCUT2D eigenvalue weighted by atomic mass is 10.2. The molecule has 0 unspecified atom stereocenters. The van der Waals surface area contributed by atoms with E-state index in [4.69, 9.17) is 4.74 Å². The first kappa shape index (κ1) is 12.1. The first-order valence-corrected chi connectivity index (χ1v) is 5.51. The zero-order chi connectivity index (χ0) is 13.3. The standard InChI is InChI=1S/C12H13N2O4/c1-3-18-12(15)11-8(2)13(16)9-6-4-5-7-10(9)14(11)17/h4-7,16H,3H2,1-2H3/q+1. The number of rotatable bonds is 2. The third kappa shape index (κ3) is 1.71. The van der Waals surface area contributed by atoms with E-state index in [9.17, 15) is 14.9 Å². The van der Waals surface area contributed by atoms with E-state index in [1.165, 1.54) is 13.0 Å². The average molecular weight is 249 g/mol. The summed E-state index contributed by atoms with van der Waals surface area (Å²) in [5, 5.41) is 9.94. The van der Waals surface area contributed by atoms with Gasteiger partial charge in [0.25, 0.3) is 5.52 Å². The van der Waals surface area contributed by atoms with Crippen LogP contribution in [0.4, 0.5) is 0 Å². The minimum atomic E-state index is -0.751. The molecular weight excluding hydrogens is 236 g/mol. The lowest BCUT2D eigenvalue weighted by molar-refractivity contribution is -0.470. The molecule has 0 saturated heterocycles. The van der Waals surface area contributed by atoms with Crippen molar-refractivity contribution in [3.8, 4) is 0 Å². The van der Waals surface area contributed by atoms with Crippen molar-refractivity contribution in [1.82, 2.24) is 4.73 Å². The maximum atomic E-state index is 12.1. The fourth-order valence-electron chi connectivity index (χ4n) is 1.79. The second-order valence-electron chi connectivity index (χ2n) is 3.75. The largest absolute Gasteiger partial charge is 0.458 e. The summed E-state index contributed by atoms with van der Waals surface area (Å²) >= 11 is 0. The summed E-state index contributed by atoms with van der Waals surface area (Å²) in [6.45, 7) is 3.29. The van der Waals surface area contributed by atoms with Gasteiger partial charge in [0.15, 0.2) is 5.52 Å². The fourth-order valence-corrected chi connectivity index (χ4v) is 1.79. The Morgan fingerprint density at radius 1 is 1.44 bits per heavy atom. The maximum absolute atomic E-state index is 12.1. The number of hydrogen-bond donors (Lipinski definition) is 1. The Morgan fingerprint density at radius 2 is 2.11 bits per heavy atom. The third-order valence-corrected chi connectivity index (χ3v) is 2.66. The van der Waals surface area contributed by atoms with Crippen LogP contribution in [0.25, 0.3) is 11.0 Å². The van der Waals surface area contributed by atoms with Crippen LogP contribution in [0, 0.1) is 11.8 Å². The summed E-state index contributed by atoms with van der Waals surface area (Å²) in [6, 6.07) is 6.46. The predicted molar refractivity (Wildman–Crippen MR) is 63.2 cm³/mol. The van der Waals surface area contributed by atoms with Crippen molar-refractivity contribution in [3.05, 3.63) is 40.6 Å². The van der Waals surface area contributed by atoms with Gasteiger partial charge in [0.05, 0.1) is 11.0 Å². The number of aromatic nitrogens is 2. The molecule has 1 heterocycles. The van der Waals surface area contributed by atoms with Crippen LogP contribution < -0.4 is 4.43 Å². The Bertz CT molecular complexity index is 676. The first-order chi connectivity index (χ1) is 8.57. The molecule has 0 saturated carbocycles. The summed E-state index contributed by atoms with van der Waals surface area (Å²) in [5.41, 5.74) is 0.465. The van der Waals surface area contributed by atoms with Crippen LogP contribution >= 0.6 is 0 Å². The van der Waals surface area contributed by atoms with E-state index >= 15 is 0 Å².